The maximum absolute atomic E-state index is 12.5. The number of thiophene rings is 1. The lowest BCUT2D eigenvalue weighted by Crippen LogP contribution is -2.68. The maximum Gasteiger partial charge on any atom is 0.246 e. The Morgan fingerprint density at radius 1 is 1.40 bits per heavy atom. The van der Waals surface area contributed by atoms with Gasteiger partial charge in [-0.15, -0.1) is 11.3 Å². The highest BCUT2D eigenvalue weighted by atomic mass is 35.5. The number of carbonyl (C=O) groups is 2. The molecule has 2 fully saturated rings. The average Bonchev–Trinajstić information content (AvgIpc) is 3.03. The molecule has 4 nitrogen and oxygen atoms in total. The molecule has 1 atom stereocenters. The summed E-state index contributed by atoms with van der Waals surface area (Å²) in [4.78, 5) is 27.8. The first-order chi connectivity index (χ1) is 9.53. The van der Waals surface area contributed by atoms with Crippen LogP contribution in [0.2, 0.25) is 4.34 Å². The van der Waals surface area contributed by atoms with Crippen LogP contribution in [-0.2, 0) is 16.1 Å². The SMILES string of the molecule is CC1NC(=O)C2(CCCC2)N(Cc2ccc(Cl)s2)C1=O. The zero-order valence-electron chi connectivity index (χ0n) is 11.3. The number of hydrogen-bond donors (Lipinski definition) is 1. The van der Waals surface area contributed by atoms with Gasteiger partial charge in [0.15, 0.2) is 0 Å². The highest BCUT2D eigenvalue weighted by Crippen LogP contribution is 2.39. The van der Waals surface area contributed by atoms with E-state index in [9.17, 15) is 9.59 Å². The van der Waals surface area contributed by atoms with Gasteiger partial charge in [0, 0.05) is 4.88 Å². The van der Waals surface area contributed by atoms with Crippen LogP contribution in [0.5, 0.6) is 0 Å². The zero-order valence-corrected chi connectivity index (χ0v) is 12.9. The summed E-state index contributed by atoms with van der Waals surface area (Å²) in [5.41, 5.74) is -0.639. The third-order valence-corrected chi connectivity index (χ3v) is 5.51. The van der Waals surface area contributed by atoms with E-state index in [1.807, 2.05) is 12.1 Å². The van der Waals surface area contributed by atoms with Crippen LogP contribution in [0.1, 0.15) is 37.5 Å². The second-order valence-corrected chi connectivity index (χ2v) is 7.36. The first kappa shape index (κ1) is 13.9. The van der Waals surface area contributed by atoms with Crippen LogP contribution in [0.3, 0.4) is 0 Å². The van der Waals surface area contributed by atoms with E-state index >= 15 is 0 Å². The summed E-state index contributed by atoms with van der Waals surface area (Å²) in [6, 6.07) is 3.32. The van der Waals surface area contributed by atoms with Crippen LogP contribution in [0.4, 0.5) is 0 Å². The van der Waals surface area contributed by atoms with Gasteiger partial charge < -0.3 is 10.2 Å². The summed E-state index contributed by atoms with van der Waals surface area (Å²) in [6.45, 7) is 2.23. The molecule has 0 radical (unpaired) electrons. The largest absolute Gasteiger partial charge is 0.343 e. The van der Waals surface area contributed by atoms with Gasteiger partial charge in [-0.3, -0.25) is 9.59 Å². The fourth-order valence-corrected chi connectivity index (χ4v) is 4.32. The first-order valence-corrected chi connectivity index (χ1v) is 8.09. The van der Waals surface area contributed by atoms with Crippen molar-refractivity contribution in [2.75, 3.05) is 0 Å². The molecule has 1 aromatic heterocycles. The standard InChI is InChI=1S/C14H17ClN2O2S/c1-9-12(18)17(8-10-4-5-11(15)20-10)14(13(19)16-9)6-2-3-7-14/h4-5,9H,2-3,6-8H2,1H3,(H,16,19). The monoisotopic (exact) mass is 312 g/mol. The Hall–Kier alpha value is -1.07. The third-order valence-electron chi connectivity index (χ3n) is 4.30. The molecule has 1 aliphatic heterocycles. The lowest BCUT2D eigenvalue weighted by molar-refractivity contribution is -0.157. The highest BCUT2D eigenvalue weighted by molar-refractivity contribution is 7.16. The van der Waals surface area contributed by atoms with E-state index in [4.69, 9.17) is 11.6 Å². The number of carbonyl (C=O) groups excluding carboxylic acids is 2. The number of hydrogen-bond acceptors (Lipinski definition) is 3. The summed E-state index contributed by atoms with van der Waals surface area (Å²) in [5.74, 6) is 0.0146. The van der Waals surface area contributed by atoms with Gasteiger partial charge in [0.2, 0.25) is 11.8 Å². The van der Waals surface area contributed by atoms with Gasteiger partial charge in [-0.05, 0) is 31.9 Å². The van der Waals surface area contributed by atoms with E-state index < -0.39 is 11.6 Å². The number of halogens is 1. The minimum atomic E-state index is -0.639. The van der Waals surface area contributed by atoms with Gasteiger partial charge in [-0.2, -0.15) is 0 Å². The fraction of sp³-hybridized carbons (Fsp3) is 0.571. The van der Waals surface area contributed by atoms with Crippen molar-refractivity contribution in [1.82, 2.24) is 10.2 Å². The molecule has 1 saturated heterocycles. The molecule has 3 rings (SSSR count). The van der Waals surface area contributed by atoms with Gasteiger partial charge in [0.25, 0.3) is 0 Å². The van der Waals surface area contributed by atoms with Gasteiger partial charge in [0.05, 0.1) is 10.9 Å². The Balaban J connectivity index is 1.93. The van der Waals surface area contributed by atoms with E-state index in [2.05, 4.69) is 5.32 Å². The molecule has 2 heterocycles. The van der Waals surface area contributed by atoms with Crippen LogP contribution in [0, 0.1) is 0 Å². The predicted octanol–water partition coefficient (Wildman–Crippen LogP) is 2.56. The first-order valence-electron chi connectivity index (χ1n) is 6.89. The van der Waals surface area contributed by atoms with Crippen molar-refractivity contribution in [3.05, 3.63) is 21.3 Å². The molecular weight excluding hydrogens is 296 g/mol. The Kier molecular flexibility index (Phi) is 3.50. The number of nitrogens with one attached hydrogen (secondary N) is 1. The summed E-state index contributed by atoms with van der Waals surface area (Å²) >= 11 is 7.43. The molecule has 1 N–H and O–H groups in total. The second kappa shape index (κ2) is 5.04. The molecule has 2 amide bonds. The topological polar surface area (TPSA) is 49.4 Å². The molecule has 108 valence electrons. The van der Waals surface area contributed by atoms with E-state index in [-0.39, 0.29) is 11.8 Å². The minimum absolute atomic E-state index is 0.00440. The van der Waals surface area contributed by atoms with Crippen LogP contribution >= 0.6 is 22.9 Å². The molecule has 1 aromatic rings. The van der Waals surface area contributed by atoms with Crippen molar-refractivity contribution in [2.45, 2.75) is 50.7 Å². The number of piperazine rings is 1. The lowest BCUT2D eigenvalue weighted by atomic mass is 9.89. The van der Waals surface area contributed by atoms with Crippen molar-refractivity contribution in [3.8, 4) is 0 Å². The Morgan fingerprint density at radius 2 is 2.10 bits per heavy atom. The summed E-state index contributed by atoms with van der Waals surface area (Å²) in [5, 5.41) is 2.83. The molecule has 0 bridgehead atoms. The number of amides is 2. The normalized spacial score (nSPS) is 25.3. The average molecular weight is 313 g/mol. The molecule has 1 aliphatic carbocycles. The van der Waals surface area contributed by atoms with Gasteiger partial charge in [0.1, 0.15) is 11.6 Å². The van der Waals surface area contributed by atoms with Crippen molar-refractivity contribution < 1.29 is 9.59 Å². The number of nitrogens with zero attached hydrogens (tertiary/aromatic N) is 1. The molecule has 1 saturated carbocycles. The Morgan fingerprint density at radius 3 is 2.70 bits per heavy atom. The van der Waals surface area contributed by atoms with Crippen molar-refractivity contribution >= 4 is 34.8 Å². The maximum atomic E-state index is 12.5. The third kappa shape index (κ3) is 2.13. The second-order valence-electron chi connectivity index (χ2n) is 5.56. The quantitative estimate of drug-likeness (QED) is 0.912. The van der Waals surface area contributed by atoms with E-state index in [1.165, 1.54) is 11.3 Å². The van der Waals surface area contributed by atoms with Crippen molar-refractivity contribution in [2.24, 2.45) is 0 Å². The molecule has 20 heavy (non-hydrogen) atoms. The summed E-state index contributed by atoms with van der Waals surface area (Å²) in [7, 11) is 0. The fourth-order valence-electron chi connectivity index (χ4n) is 3.24. The van der Waals surface area contributed by atoms with Crippen molar-refractivity contribution in [3.63, 3.8) is 0 Å². The van der Waals surface area contributed by atoms with Crippen LogP contribution < -0.4 is 5.32 Å². The molecule has 1 unspecified atom stereocenters. The van der Waals surface area contributed by atoms with E-state index in [1.54, 1.807) is 11.8 Å². The lowest BCUT2D eigenvalue weighted by Gasteiger charge is -2.45. The van der Waals surface area contributed by atoms with Gasteiger partial charge >= 0.3 is 0 Å². The van der Waals surface area contributed by atoms with E-state index in [0.29, 0.717) is 10.9 Å². The summed E-state index contributed by atoms with van der Waals surface area (Å²) in [6.07, 6.45) is 3.51. The summed E-state index contributed by atoms with van der Waals surface area (Å²) < 4.78 is 0.711. The Bertz CT molecular complexity index is 551. The Labute approximate surface area is 127 Å². The smallest absolute Gasteiger partial charge is 0.246 e. The molecule has 2 aliphatic rings. The minimum Gasteiger partial charge on any atom is -0.343 e. The van der Waals surface area contributed by atoms with Gasteiger partial charge in [-0.1, -0.05) is 24.4 Å². The van der Waals surface area contributed by atoms with Crippen LogP contribution in [0.15, 0.2) is 12.1 Å². The molecule has 0 aromatic carbocycles. The van der Waals surface area contributed by atoms with E-state index in [0.717, 1.165) is 30.6 Å². The number of rotatable bonds is 2. The van der Waals surface area contributed by atoms with Crippen LogP contribution in [0.25, 0.3) is 0 Å². The van der Waals surface area contributed by atoms with Gasteiger partial charge in [-0.25, -0.2) is 0 Å². The molecule has 1 spiro atoms. The molecular formula is C14H17ClN2O2S. The zero-order chi connectivity index (χ0) is 14.3. The van der Waals surface area contributed by atoms with Crippen molar-refractivity contribution in [1.29, 1.82) is 0 Å². The predicted molar refractivity (Wildman–Crippen MR) is 78.7 cm³/mol. The van der Waals surface area contributed by atoms with Crippen LogP contribution in [-0.4, -0.2) is 28.3 Å². The molecule has 6 heteroatoms. The highest BCUT2D eigenvalue weighted by Gasteiger charge is 2.52.